The van der Waals surface area contributed by atoms with Crippen molar-refractivity contribution in [2.75, 3.05) is 40.3 Å². The van der Waals surface area contributed by atoms with Gasteiger partial charge in [0.05, 0.1) is 6.10 Å². The number of piperidine rings is 1. The Morgan fingerprint density at radius 1 is 1.33 bits per heavy atom. The van der Waals surface area contributed by atoms with Gasteiger partial charge in [0.25, 0.3) is 0 Å². The summed E-state index contributed by atoms with van der Waals surface area (Å²) in [5, 5.41) is 10.3. The summed E-state index contributed by atoms with van der Waals surface area (Å²) >= 11 is 3.51. The van der Waals surface area contributed by atoms with Gasteiger partial charge in [-0.05, 0) is 64.0 Å². The van der Waals surface area contributed by atoms with Gasteiger partial charge in [-0.2, -0.15) is 0 Å². The van der Waals surface area contributed by atoms with Crippen molar-refractivity contribution in [3.8, 4) is 0 Å². The Balaban J connectivity index is 1.73. The SMILES string of the molecule is CN1CCC(CN(C)CCC(O)c2ccccc2Br)CC1. The van der Waals surface area contributed by atoms with Crippen LogP contribution >= 0.6 is 15.9 Å². The third kappa shape index (κ3) is 5.37. The molecule has 1 aliphatic rings. The molecule has 1 fully saturated rings. The van der Waals surface area contributed by atoms with E-state index in [2.05, 4.69) is 39.8 Å². The van der Waals surface area contributed by atoms with Crippen molar-refractivity contribution in [2.45, 2.75) is 25.4 Å². The van der Waals surface area contributed by atoms with Crippen LogP contribution < -0.4 is 0 Å². The van der Waals surface area contributed by atoms with Crippen LogP contribution in [-0.4, -0.2) is 55.2 Å². The lowest BCUT2D eigenvalue weighted by molar-refractivity contribution is 0.133. The second-order valence-corrected chi connectivity index (χ2v) is 7.19. The number of halogens is 1. The summed E-state index contributed by atoms with van der Waals surface area (Å²) in [6.07, 6.45) is 2.99. The number of rotatable bonds is 6. The Labute approximate surface area is 137 Å². The van der Waals surface area contributed by atoms with Crippen LogP contribution in [0, 0.1) is 5.92 Å². The molecule has 3 nitrogen and oxygen atoms in total. The van der Waals surface area contributed by atoms with Crippen molar-refractivity contribution in [3.63, 3.8) is 0 Å². The first kappa shape index (κ1) is 16.9. The van der Waals surface area contributed by atoms with Gasteiger partial charge in [0.15, 0.2) is 0 Å². The maximum absolute atomic E-state index is 10.3. The summed E-state index contributed by atoms with van der Waals surface area (Å²) in [6.45, 7) is 4.53. The fourth-order valence-corrected chi connectivity index (χ4v) is 3.57. The van der Waals surface area contributed by atoms with Crippen molar-refractivity contribution < 1.29 is 5.11 Å². The predicted molar refractivity (Wildman–Crippen MR) is 91.4 cm³/mol. The quantitative estimate of drug-likeness (QED) is 0.849. The number of nitrogens with zero attached hydrogens (tertiary/aromatic N) is 2. The molecule has 2 rings (SSSR count). The second kappa shape index (κ2) is 8.28. The van der Waals surface area contributed by atoms with E-state index in [4.69, 9.17) is 0 Å². The van der Waals surface area contributed by atoms with E-state index in [1.54, 1.807) is 0 Å². The van der Waals surface area contributed by atoms with Crippen LogP contribution in [0.4, 0.5) is 0 Å². The lowest BCUT2D eigenvalue weighted by atomic mass is 9.96. The van der Waals surface area contributed by atoms with Gasteiger partial charge in [-0.3, -0.25) is 0 Å². The van der Waals surface area contributed by atoms with Gasteiger partial charge in [-0.25, -0.2) is 0 Å². The summed E-state index contributed by atoms with van der Waals surface area (Å²) in [5.41, 5.74) is 0.991. The average Bonchev–Trinajstić information content (AvgIpc) is 2.48. The first-order valence-electron chi connectivity index (χ1n) is 7.86. The third-order valence-corrected chi connectivity index (χ3v) is 5.18. The Kier molecular flexibility index (Phi) is 6.68. The molecule has 1 atom stereocenters. The molecule has 1 saturated heterocycles. The van der Waals surface area contributed by atoms with E-state index in [-0.39, 0.29) is 6.10 Å². The van der Waals surface area contributed by atoms with Crippen LogP contribution in [-0.2, 0) is 0 Å². The van der Waals surface area contributed by atoms with Crippen LogP contribution in [0.1, 0.15) is 30.9 Å². The largest absolute Gasteiger partial charge is 0.388 e. The normalized spacial score (nSPS) is 19.1. The van der Waals surface area contributed by atoms with Crippen molar-refractivity contribution in [1.82, 2.24) is 9.80 Å². The zero-order valence-electron chi connectivity index (χ0n) is 13.1. The summed E-state index contributed by atoms with van der Waals surface area (Å²) in [5.74, 6) is 0.812. The standard InChI is InChI=1S/C17H27BrN2O/c1-19-10-7-14(8-11-19)13-20(2)12-9-17(21)15-5-3-4-6-16(15)18/h3-6,14,17,21H,7-13H2,1-2H3. The molecule has 0 spiro atoms. The Hall–Kier alpha value is -0.420. The second-order valence-electron chi connectivity index (χ2n) is 6.33. The third-order valence-electron chi connectivity index (χ3n) is 4.46. The monoisotopic (exact) mass is 354 g/mol. The maximum atomic E-state index is 10.3. The van der Waals surface area contributed by atoms with Gasteiger partial charge in [-0.15, -0.1) is 0 Å². The lowest BCUT2D eigenvalue weighted by Crippen LogP contribution is -2.36. The van der Waals surface area contributed by atoms with Crippen molar-refractivity contribution in [1.29, 1.82) is 0 Å². The molecule has 118 valence electrons. The molecule has 0 radical (unpaired) electrons. The predicted octanol–water partition coefficient (Wildman–Crippen LogP) is 3.15. The number of hydrogen-bond donors (Lipinski definition) is 1. The number of aliphatic hydroxyl groups excluding tert-OH is 1. The fraction of sp³-hybridized carbons (Fsp3) is 0.647. The Morgan fingerprint density at radius 3 is 2.67 bits per heavy atom. The summed E-state index contributed by atoms with van der Waals surface area (Å²) < 4.78 is 0.996. The van der Waals surface area contributed by atoms with Gasteiger partial charge in [-0.1, -0.05) is 34.1 Å². The molecule has 0 aromatic heterocycles. The first-order valence-corrected chi connectivity index (χ1v) is 8.65. The fourth-order valence-electron chi connectivity index (χ4n) is 3.02. The number of benzene rings is 1. The van der Waals surface area contributed by atoms with E-state index in [9.17, 15) is 5.11 Å². The zero-order chi connectivity index (χ0) is 15.2. The van der Waals surface area contributed by atoms with Crippen LogP contribution in [0.2, 0.25) is 0 Å². The highest BCUT2D eigenvalue weighted by molar-refractivity contribution is 9.10. The average molecular weight is 355 g/mol. The zero-order valence-corrected chi connectivity index (χ0v) is 14.7. The van der Waals surface area contributed by atoms with Gasteiger partial charge in [0.1, 0.15) is 0 Å². The van der Waals surface area contributed by atoms with Crippen LogP contribution in [0.25, 0.3) is 0 Å². The smallest absolute Gasteiger partial charge is 0.0813 e. The molecular weight excluding hydrogens is 328 g/mol. The highest BCUT2D eigenvalue weighted by atomic mass is 79.9. The van der Waals surface area contributed by atoms with Crippen LogP contribution in [0.15, 0.2) is 28.7 Å². The maximum Gasteiger partial charge on any atom is 0.0813 e. The highest BCUT2D eigenvalue weighted by Crippen LogP contribution is 2.25. The molecule has 1 aliphatic heterocycles. The van der Waals surface area contributed by atoms with E-state index in [0.29, 0.717) is 0 Å². The Bertz CT molecular complexity index is 433. The minimum Gasteiger partial charge on any atom is -0.388 e. The minimum atomic E-state index is -0.388. The molecular formula is C17H27BrN2O. The van der Waals surface area contributed by atoms with Crippen LogP contribution in [0.5, 0.6) is 0 Å². The molecule has 0 amide bonds. The number of hydrogen-bond acceptors (Lipinski definition) is 3. The molecule has 0 saturated carbocycles. The lowest BCUT2D eigenvalue weighted by Gasteiger charge is -2.32. The van der Waals surface area contributed by atoms with Gasteiger partial charge < -0.3 is 14.9 Å². The Morgan fingerprint density at radius 2 is 2.00 bits per heavy atom. The van der Waals surface area contributed by atoms with E-state index in [1.165, 1.54) is 25.9 Å². The molecule has 1 aromatic rings. The molecule has 1 N–H and O–H groups in total. The molecule has 1 aromatic carbocycles. The van der Waals surface area contributed by atoms with Gasteiger partial charge in [0.2, 0.25) is 0 Å². The first-order chi connectivity index (χ1) is 10.1. The van der Waals surface area contributed by atoms with Crippen LogP contribution in [0.3, 0.4) is 0 Å². The highest BCUT2D eigenvalue weighted by Gasteiger charge is 2.19. The van der Waals surface area contributed by atoms with E-state index in [1.807, 2.05) is 24.3 Å². The summed E-state index contributed by atoms with van der Waals surface area (Å²) in [4.78, 5) is 4.78. The van der Waals surface area contributed by atoms with Crippen molar-refractivity contribution >= 4 is 15.9 Å². The number of aliphatic hydroxyl groups is 1. The van der Waals surface area contributed by atoms with Crippen molar-refractivity contribution in [2.24, 2.45) is 5.92 Å². The van der Waals surface area contributed by atoms with E-state index in [0.717, 1.165) is 35.5 Å². The molecule has 4 heteroatoms. The van der Waals surface area contributed by atoms with E-state index < -0.39 is 0 Å². The molecule has 21 heavy (non-hydrogen) atoms. The van der Waals surface area contributed by atoms with Crippen molar-refractivity contribution in [3.05, 3.63) is 34.3 Å². The molecule has 1 heterocycles. The number of likely N-dealkylation sites (tertiary alicyclic amines) is 1. The topological polar surface area (TPSA) is 26.7 Å². The van der Waals surface area contributed by atoms with Gasteiger partial charge in [0, 0.05) is 17.6 Å². The molecule has 0 aliphatic carbocycles. The minimum absolute atomic E-state index is 0.388. The van der Waals surface area contributed by atoms with E-state index >= 15 is 0 Å². The molecule has 0 bridgehead atoms. The summed E-state index contributed by atoms with van der Waals surface area (Å²) in [6, 6.07) is 7.94. The molecule has 1 unspecified atom stereocenters. The summed E-state index contributed by atoms with van der Waals surface area (Å²) in [7, 11) is 4.37. The van der Waals surface area contributed by atoms with Gasteiger partial charge >= 0.3 is 0 Å².